The van der Waals surface area contributed by atoms with E-state index in [4.69, 9.17) is 14.3 Å². The molecule has 0 fully saturated rings. The number of unbranched alkanes of at least 4 members (excludes halogenated alkanes) is 1. The lowest BCUT2D eigenvalue weighted by Crippen LogP contribution is -2.26. The molecule has 0 rings (SSSR count). The molecule has 1 atom stereocenters. The van der Waals surface area contributed by atoms with E-state index in [1.807, 2.05) is 6.92 Å². The van der Waals surface area contributed by atoms with Crippen LogP contribution >= 0.6 is 8.60 Å². The molecule has 4 heteroatoms. The van der Waals surface area contributed by atoms with Crippen LogP contribution in [0.4, 0.5) is 0 Å². The van der Waals surface area contributed by atoms with Gasteiger partial charge in [0.25, 0.3) is 0 Å². The van der Waals surface area contributed by atoms with Gasteiger partial charge in [0, 0.05) is 0 Å². The lowest BCUT2D eigenvalue weighted by molar-refractivity contribution is 0.0524. The Morgan fingerprint density at radius 3 is 2.15 bits per heavy atom. The highest BCUT2D eigenvalue weighted by Crippen LogP contribution is 2.37. The van der Waals surface area contributed by atoms with Crippen molar-refractivity contribution in [2.75, 3.05) is 0 Å². The van der Waals surface area contributed by atoms with Crippen LogP contribution in [0.2, 0.25) is 0 Å². The highest BCUT2D eigenvalue weighted by Gasteiger charge is 2.26. The SMILES string of the molecule is CCCCC(C)(CCC)OP(O)O. The first-order valence-electron chi connectivity index (χ1n) is 4.91. The van der Waals surface area contributed by atoms with Gasteiger partial charge in [-0.2, -0.15) is 0 Å². The maximum Gasteiger partial charge on any atom is 0.327 e. The van der Waals surface area contributed by atoms with Crippen molar-refractivity contribution < 1.29 is 14.3 Å². The summed E-state index contributed by atoms with van der Waals surface area (Å²) in [6, 6.07) is 0. The summed E-state index contributed by atoms with van der Waals surface area (Å²) in [6.45, 7) is 6.14. The van der Waals surface area contributed by atoms with E-state index in [2.05, 4.69) is 13.8 Å². The maximum absolute atomic E-state index is 8.81. The Morgan fingerprint density at radius 1 is 1.15 bits per heavy atom. The third kappa shape index (κ3) is 6.39. The largest absolute Gasteiger partial charge is 0.328 e. The van der Waals surface area contributed by atoms with Crippen LogP contribution in [0.5, 0.6) is 0 Å². The molecule has 0 aromatic rings. The molecule has 0 spiro atoms. The van der Waals surface area contributed by atoms with Crippen molar-refractivity contribution in [2.45, 2.75) is 58.5 Å². The third-order valence-corrected chi connectivity index (χ3v) is 2.74. The fourth-order valence-electron chi connectivity index (χ4n) is 1.49. The van der Waals surface area contributed by atoms with E-state index in [1.54, 1.807) is 0 Å². The van der Waals surface area contributed by atoms with Gasteiger partial charge in [0.2, 0.25) is 0 Å². The van der Waals surface area contributed by atoms with Gasteiger partial charge in [-0.3, -0.25) is 0 Å². The molecule has 0 radical (unpaired) electrons. The summed E-state index contributed by atoms with van der Waals surface area (Å²) in [6.07, 6.45) is 4.96. The Labute approximate surface area is 82.1 Å². The summed E-state index contributed by atoms with van der Waals surface area (Å²) in [5.41, 5.74) is -0.347. The van der Waals surface area contributed by atoms with Gasteiger partial charge >= 0.3 is 8.60 Å². The van der Waals surface area contributed by atoms with Crippen molar-refractivity contribution in [3.8, 4) is 0 Å². The van der Waals surface area contributed by atoms with Gasteiger partial charge in [0.15, 0.2) is 0 Å². The first kappa shape index (κ1) is 13.3. The average molecular weight is 208 g/mol. The topological polar surface area (TPSA) is 49.7 Å². The lowest BCUT2D eigenvalue weighted by Gasteiger charge is -2.29. The summed E-state index contributed by atoms with van der Waals surface area (Å²) in [4.78, 5) is 17.6. The molecule has 0 bridgehead atoms. The monoisotopic (exact) mass is 208 g/mol. The van der Waals surface area contributed by atoms with E-state index in [0.29, 0.717) is 0 Å². The molecule has 13 heavy (non-hydrogen) atoms. The summed E-state index contributed by atoms with van der Waals surface area (Å²) in [5.74, 6) is 0. The molecule has 2 N–H and O–H groups in total. The molecule has 0 aromatic heterocycles. The lowest BCUT2D eigenvalue weighted by atomic mass is 9.94. The van der Waals surface area contributed by atoms with Crippen LogP contribution in [0.15, 0.2) is 0 Å². The van der Waals surface area contributed by atoms with Crippen LogP contribution in [0, 0.1) is 0 Å². The van der Waals surface area contributed by atoms with Crippen molar-refractivity contribution in [3.05, 3.63) is 0 Å². The summed E-state index contributed by atoms with van der Waals surface area (Å²) >= 11 is 0. The van der Waals surface area contributed by atoms with Gasteiger partial charge in [-0.1, -0.05) is 33.1 Å². The van der Waals surface area contributed by atoms with Crippen molar-refractivity contribution in [1.29, 1.82) is 0 Å². The molecule has 0 amide bonds. The van der Waals surface area contributed by atoms with E-state index in [0.717, 1.165) is 32.1 Å². The van der Waals surface area contributed by atoms with Gasteiger partial charge in [0.1, 0.15) is 0 Å². The average Bonchev–Trinajstić information content (AvgIpc) is 2.00. The Kier molecular flexibility index (Phi) is 6.88. The van der Waals surface area contributed by atoms with Crippen molar-refractivity contribution in [2.24, 2.45) is 0 Å². The molecule has 80 valence electrons. The maximum atomic E-state index is 8.81. The highest BCUT2D eigenvalue weighted by atomic mass is 31.2. The normalized spacial score (nSPS) is 16.2. The second kappa shape index (κ2) is 6.72. The van der Waals surface area contributed by atoms with E-state index < -0.39 is 8.60 Å². The zero-order valence-electron chi connectivity index (χ0n) is 8.79. The van der Waals surface area contributed by atoms with Crippen molar-refractivity contribution in [1.82, 2.24) is 0 Å². The van der Waals surface area contributed by atoms with Crippen LogP contribution in [0.25, 0.3) is 0 Å². The Bertz CT molecular complexity index is 130. The summed E-state index contributed by atoms with van der Waals surface area (Å²) in [5, 5.41) is 0. The van der Waals surface area contributed by atoms with Crippen LogP contribution in [-0.2, 0) is 4.52 Å². The zero-order valence-corrected chi connectivity index (χ0v) is 9.68. The molecular formula is C9H21O3P. The number of hydrogen-bond acceptors (Lipinski definition) is 3. The number of rotatable bonds is 7. The fourth-order valence-corrected chi connectivity index (χ4v) is 2.07. The molecule has 1 unspecified atom stereocenters. The van der Waals surface area contributed by atoms with E-state index >= 15 is 0 Å². The minimum Gasteiger partial charge on any atom is -0.328 e. The zero-order chi connectivity index (χ0) is 10.3. The van der Waals surface area contributed by atoms with Gasteiger partial charge < -0.3 is 14.3 Å². The Hall–Kier alpha value is 0.310. The van der Waals surface area contributed by atoms with Gasteiger partial charge in [0.05, 0.1) is 5.60 Å². The molecule has 0 aliphatic carbocycles. The van der Waals surface area contributed by atoms with Crippen LogP contribution in [-0.4, -0.2) is 15.4 Å². The minimum absolute atomic E-state index is 0.347. The van der Waals surface area contributed by atoms with E-state index in [-0.39, 0.29) is 5.60 Å². The first-order chi connectivity index (χ1) is 6.04. The standard InChI is InChI=1S/C9H21O3P/c1-4-6-8-9(3,7-5-2)12-13(10)11/h10-11H,4-8H2,1-3H3. The Balaban J connectivity index is 3.99. The summed E-state index contributed by atoms with van der Waals surface area (Å²) in [7, 11) is -2.22. The molecular weight excluding hydrogens is 187 g/mol. The molecule has 0 aromatic carbocycles. The summed E-state index contributed by atoms with van der Waals surface area (Å²) < 4.78 is 5.16. The van der Waals surface area contributed by atoms with Gasteiger partial charge in [-0.25, -0.2) is 0 Å². The fraction of sp³-hybridized carbons (Fsp3) is 1.00. The predicted molar refractivity (Wildman–Crippen MR) is 55.3 cm³/mol. The van der Waals surface area contributed by atoms with Crippen LogP contribution < -0.4 is 0 Å². The highest BCUT2D eigenvalue weighted by molar-refractivity contribution is 7.39. The second-order valence-electron chi connectivity index (χ2n) is 3.65. The van der Waals surface area contributed by atoms with Crippen molar-refractivity contribution >= 4 is 8.60 Å². The molecule has 0 aliphatic rings. The molecule has 0 saturated heterocycles. The quantitative estimate of drug-likeness (QED) is 0.632. The predicted octanol–water partition coefficient (Wildman–Crippen LogP) is 2.96. The van der Waals surface area contributed by atoms with Crippen molar-refractivity contribution in [3.63, 3.8) is 0 Å². The molecule has 3 nitrogen and oxygen atoms in total. The Morgan fingerprint density at radius 2 is 1.77 bits per heavy atom. The minimum atomic E-state index is -2.22. The van der Waals surface area contributed by atoms with E-state index in [1.165, 1.54) is 0 Å². The third-order valence-electron chi connectivity index (χ3n) is 2.14. The molecule has 0 saturated carbocycles. The van der Waals surface area contributed by atoms with Crippen LogP contribution in [0.3, 0.4) is 0 Å². The first-order valence-corrected chi connectivity index (χ1v) is 6.07. The van der Waals surface area contributed by atoms with Crippen LogP contribution in [0.1, 0.15) is 52.9 Å². The molecule has 0 aliphatic heterocycles. The van der Waals surface area contributed by atoms with Gasteiger partial charge in [-0.15, -0.1) is 0 Å². The smallest absolute Gasteiger partial charge is 0.327 e. The van der Waals surface area contributed by atoms with Gasteiger partial charge in [-0.05, 0) is 19.8 Å². The second-order valence-corrected chi connectivity index (χ2v) is 4.34. The van der Waals surface area contributed by atoms with E-state index in [9.17, 15) is 0 Å². The molecule has 0 heterocycles. The number of hydrogen-bond donors (Lipinski definition) is 2.